The summed E-state index contributed by atoms with van der Waals surface area (Å²) in [6.07, 6.45) is 3.19. The van der Waals surface area contributed by atoms with Crippen LogP contribution in [-0.4, -0.2) is 51.8 Å². The molecule has 0 saturated carbocycles. The van der Waals surface area contributed by atoms with Gasteiger partial charge in [-0.3, -0.25) is 14.9 Å². The Bertz CT molecular complexity index is 1220. The number of ether oxygens (including phenoxy) is 1. The summed E-state index contributed by atoms with van der Waals surface area (Å²) >= 11 is 0. The van der Waals surface area contributed by atoms with Gasteiger partial charge in [-0.15, -0.1) is 0 Å². The van der Waals surface area contributed by atoms with E-state index < -0.39 is 4.92 Å². The standard InChI is InChI=1S/C23H19N5O4/c24-15-18(23(29)26-9-11-32-12-10-26)13-19-16-27(20-6-2-1-3-7-20)25-22(19)17-5-4-8-21(14-17)28(30)31/h1-8,13-14,16H,9-12H2/b18-13+. The number of morpholine rings is 1. The molecule has 0 bridgehead atoms. The molecule has 0 radical (unpaired) electrons. The van der Waals surface area contributed by atoms with Crippen molar-refractivity contribution in [1.82, 2.24) is 14.7 Å². The molecule has 0 N–H and O–H groups in total. The van der Waals surface area contributed by atoms with Crippen molar-refractivity contribution < 1.29 is 14.5 Å². The number of hydrogen-bond acceptors (Lipinski definition) is 6. The van der Waals surface area contributed by atoms with Gasteiger partial charge in [-0.1, -0.05) is 30.3 Å². The largest absolute Gasteiger partial charge is 0.378 e. The Morgan fingerprint density at radius 3 is 2.59 bits per heavy atom. The minimum absolute atomic E-state index is 0.0359. The molecule has 9 nitrogen and oxygen atoms in total. The van der Waals surface area contributed by atoms with Gasteiger partial charge in [0.15, 0.2) is 0 Å². The first-order valence-electron chi connectivity index (χ1n) is 9.95. The lowest BCUT2D eigenvalue weighted by molar-refractivity contribution is -0.384. The number of nitriles is 1. The number of carbonyl (C=O) groups excluding carboxylic acids is 1. The number of hydrogen-bond donors (Lipinski definition) is 0. The maximum atomic E-state index is 12.9. The summed E-state index contributed by atoms with van der Waals surface area (Å²) < 4.78 is 6.90. The molecule has 0 spiro atoms. The SMILES string of the molecule is N#C/C(=C\c1cn(-c2ccccc2)nc1-c1cccc([N+](=O)[O-])c1)C(=O)N1CCOCC1. The minimum Gasteiger partial charge on any atom is -0.378 e. The zero-order chi connectivity index (χ0) is 22.5. The Labute approximate surface area is 183 Å². The lowest BCUT2D eigenvalue weighted by atomic mass is 10.0. The molecular weight excluding hydrogens is 410 g/mol. The highest BCUT2D eigenvalue weighted by Crippen LogP contribution is 2.28. The number of benzene rings is 2. The third kappa shape index (κ3) is 4.40. The van der Waals surface area contributed by atoms with E-state index in [0.717, 1.165) is 5.69 Å². The van der Waals surface area contributed by atoms with Crippen molar-refractivity contribution in [2.45, 2.75) is 0 Å². The van der Waals surface area contributed by atoms with Crippen molar-refractivity contribution in [2.75, 3.05) is 26.3 Å². The van der Waals surface area contributed by atoms with E-state index in [1.165, 1.54) is 18.2 Å². The molecule has 2 aromatic carbocycles. The molecule has 1 amide bonds. The van der Waals surface area contributed by atoms with Crippen LogP contribution in [0, 0.1) is 21.4 Å². The van der Waals surface area contributed by atoms with Crippen LogP contribution in [0.4, 0.5) is 5.69 Å². The van der Waals surface area contributed by atoms with Crippen molar-refractivity contribution in [2.24, 2.45) is 0 Å². The maximum absolute atomic E-state index is 12.9. The molecule has 3 aromatic rings. The number of nitrogens with zero attached hydrogens (tertiary/aromatic N) is 5. The molecule has 1 saturated heterocycles. The second-order valence-corrected chi connectivity index (χ2v) is 7.09. The Morgan fingerprint density at radius 1 is 1.16 bits per heavy atom. The van der Waals surface area contributed by atoms with Crippen molar-refractivity contribution in [1.29, 1.82) is 5.26 Å². The Balaban J connectivity index is 1.81. The van der Waals surface area contributed by atoms with E-state index in [1.54, 1.807) is 27.9 Å². The summed E-state index contributed by atoms with van der Waals surface area (Å²) in [5, 5.41) is 25.5. The maximum Gasteiger partial charge on any atom is 0.270 e. The average molecular weight is 429 g/mol. The molecule has 0 atom stereocenters. The first-order valence-corrected chi connectivity index (χ1v) is 9.95. The quantitative estimate of drug-likeness (QED) is 0.266. The molecule has 1 aliphatic heterocycles. The fourth-order valence-electron chi connectivity index (χ4n) is 3.43. The highest BCUT2D eigenvalue weighted by molar-refractivity contribution is 6.02. The highest BCUT2D eigenvalue weighted by atomic mass is 16.6. The van der Waals surface area contributed by atoms with Crippen LogP contribution in [0.1, 0.15) is 5.56 Å². The topological polar surface area (TPSA) is 114 Å². The summed E-state index contributed by atoms with van der Waals surface area (Å²) in [6.45, 7) is 1.68. The van der Waals surface area contributed by atoms with Crippen molar-refractivity contribution >= 4 is 17.7 Å². The van der Waals surface area contributed by atoms with Gasteiger partial charge in [-0.25, -0.2) is 4.68 Å². The smallest absolute Gasteiger partial charge is 0.270 e. The average Bonchev–Trinajstić information content (AvgIpc) is 3.27. The van der Waals surface area contributed by atoms with Crippen LogP contribution < -0.4 is 0 Å². The monoisotopic (exact) mass is 429 g/mol. The second-order valence-electron chi connectivity index (χ2n) is 7.09. The van der Waals surface area contributed by atoms with Crippen LogP contribution >= 0.6 is 0 Å². The molecule has 32 heavy (non-hydrogen) atoms. The van der Waals surface area contributed by atoms with Crippen LogP contribution in [0.2, 0.25) is 0 Å². The first-order chi connectivity index (χ1) is 15.6. The fourth-order valence-corrected chi connectivity index (χ4v) is 3.43. The number of rotatable bonds is 5. The predicted octanol–water partition coefficient (Wildman–Crippen LogP) is 3.21. The van der Waals surface area contributed by atoms with Gasteiger partial charge in [0.1, 0.15) is 17.3 Å². The molecule has 1 aromatic heterocycles. The van der Waals surface area contributed by atoms with Gasteiger partial charge in [0.2, 0.25) is 0 Å². The number of non-ortho nitro benzene ring substituents is 1. The predicted molar refractivity (Wildman–Crippen MR) is 117 cm³/mol. The van der Waals surface area contributed by atoms with E-state index in [9.17, 15) is 20.2 Å². The molecule has 160 valence electrons. The minimum atomic E-state index is -0.476. The van der Waals surface area contributed by atoms with Crippen LogP contribution in [0.5, 0.6) is 0 Å². The number of nitro benzene ring substituents is 1. The first kappa shape index (κ1) is 21.0. The summed E-state index contributed by atoms with van der Waals surface area (Å²) in [4.78, 5) is 25.2. The third-order valence-corrected chi connectivity index (χ3v) is 5.04. The number of para-hydroxylation sites is 1. The molecule has 0 aliphatic carbocycles. The molecule has 1 aliphatic rings. The van der Waals surface area contributed by atoms with E-state index in [-0.39, 0.29) is 17.2 Å². The Kier molecular flexibility index (Phi) is 6.05. The molecule has 4 rings (SSSR count). The van der Waals surface area contributed by atoms with E-state index >= 15 is 0 Å². The van der Waals surface area contributed by atoms with E-state index in [1.807, 2.05) is 36.4 Å². The Morgan fingerprint density at radius 2 is 1.91 bits per heavy atom. The second kappa shape index (κ2) is 9.24. The highest BCUT2D eigenvalue weighted by Gasteiger charge is 2.22. The van der Waals surface area contributed by atoms with Crippen LogP contribution in [0.15, 0.2) is 66.4 Å². The molecule has 0 unspecified atom stereocenters. The van der Waals surface area contributed by atoms with Crippen LogP contribution in [0.25, 0.3) is 23.0 Å². The summed E-state index contributed by atoms with van der Waals surface area (Å²) in [5.74, 6) is -0.381. The molecule has 1 fully saturated rings. The molecular formula is C23H19N5O4. The lowest BCUT2D eigenvalue weighted by Crippen LogP contribution is -2.41. The number of carbonyl (C=O) groups is 1. The molecule has 2 heterocycles. The normalized spacial score (nSPS) is 14.1. The van der Waals surface area contributed by atoms with Crippen LogP contribution in [-0.2, 0) is 9.53 Å². The number of amides is 1. The van der Waals surface area contributed by atoms with Crippen molar-refractivity contribution in [3.8, 4) is 23.0 Å². The molecule has 9 heteroatoms. The Hall–Kier alpha value is -4.29. The van der Waals surface area contributed by atoms with Gasteiger partial charge in [0.25, 0.3) is 11.6 Å². The van der Waals surface area contributed by atoms with Gasteiger partial charge in [0, 0.05) is 42.5 Å². The van der Waals surface area contributed by atoms with E-state index in [4.69, 9.17) is 4.74 Å². The fraction of sp³-hybridized carbons (Fsp3) is 0.174. The lowest BCUT2D eigenvalue weighted by Gasteiger charge is -2.26. The van der Waals surface area contributed by atoms with Gasteiger partial charge in [-0.05, 0) is 18.2 Å². The number of nitro groups is 1. The van der Waals surface area contributed by atoms with Gasteiger partial charge in [0.05, 0.1) is 23.8 Å². The summed E-state index contributed by atoms with van der Waals surface area (Å²) in [6, 6.07) is 17.4. The van der Waals surface area contributed by atoms with E-state index in [2.05, 4.69) is 5.10 Å². The van der Waals surface area contributed by atoms with Gasteiger partial charge >= 0.3 is 0 Å². The summed E-state index contributed by atoms with van der Waals surface area (Å²) in [5.41, 5.74) is 2.11. The van der Waals surface area contributed by atoms with E-state index in [0.29, 0.717) is 43.1 Å². The van der Waals surface area contributed by atoms with Gasteiger partial charge < -0.3 is 9.64 Å². The summed E-state index contributed by atoms with van der Waals surface area (Å²) in [7, 11) is 0. The number of aromatic nitrogens is 2. The van der Waals surface area contributed by atoms with Crippen molar-refractivity contribution in [3.63, 3.8) is 0 Å². The van der Waals surface area contributed by atoms with Crippen molar-refractivity contribution in [3.05, 3.63) is 82.0 Å². The zero-order valence-corrected chi connectivity index (χ0v) is 17.0. The zero-order valence-electron chi connectivity index (χ0n) is 17.0. The van der Waals surface area contributed by atoms with Gasteiger partial charge in [-0.2, -0.15) is 10.4 Å². The third-order valence-electron chi connectivity index (χ3n) is 5.04. The van der Waals surface area contributed by atoms with Crippen LogP contribution in [0.3, 0.4) is 0 Å².